The maximum atomic E-state index is 13.2. The van der Waals surface area contributed by atoms with E-state index in [2.05, 4.69) is 4.99 Å². The average molecular weight is 360 g/mol. The Labute approximate surface area is 152 Å². The molecule has 2 aromatic rings. The molecule has 0 amide bonds. The van der Waals surface area contributed by atoms with E-state index in [9.17, 15) is 13.6 Å². The Bertz CT molecular complexity index is 815. The van der Waals surface area contributed by atoms with E-state index < -0.39 is 17.6 Å². The summed E-state index contributed by atoms with van der Waals surface area (Å²) in [7, 11) is 1.92. The first kappa shape index (κ1) is 19.6. The summed E-state index contributed by atoms with van der Waals surface area (Å²) in [6.45, 7) is 6.31. The second-order valence-corrected chi connectivity index (χ2v) is 6.13. The zero-order valence-electron chi connectivity index (χ0n) is 15.3. The largest absolute Gasteiger partial charge is 0.457 e. The van der Waals surface area contributed by atoms with Crippen LogP contribution in [-0.2, 0) is 11.3 Å². The highest BCUT2D eigenvalue weighted by Gasteiger charge is 2.14. The summed E-state index contributed by atoms with van der Waals surface area (Å²) in [5.74, 6) is -1.96. The maximum Gasteiger partial charge on any atom is 0.338 e. The summed E-state index contributed by atoms with van der Waals surface area (Å²) in [5, 5.41) is 0. The van der Waals surface area contributed by atoms with Crippen molar-refractivity contribution in [3.63, 3.8) is 0 Å². The minimum absolute atomic E-state index is 0.201. The fourth-order valence-electron chi connectivity index (χ4n) is 2.32. The quantitative estimate of drug-likeness (QED) is 0.431. The Morgan fingerprint density at radius 1 is 1.12 bits per heavy atom. The Hall–Kier alpha value is -2.76. The second kappa shape index (κ2) is 8.56. The van der Waals surface area contributed by atoms with Gasteiger partial charge in [-0.3, -0.25) is 0 Å². The van der Waals surface area contributed by atoms with Gasteiger partial charge in [0.1, 0.15) is 18.2 Å². The van der Waals surface area contributed by atoms with Gasteiger partial charge in [0.05, 0.1) is 17.6 Å². The number of carbonyl (C=O) groups excluding carboxylic acids is 1. The third-order valence-corrected chi connectivity index (χ3v) is 3.95. The first-order valence-electron chi connectivity index (χ1n) is 8.28. The lowest BCUT2D eigenvalue weighted by atomic mass is 10.0. The first-order chi connectivity index (χ1) is 12.3. The SMILES string of the molecule is CCN(C)/C=N/c1cc(C)c(C(=O)OCc2cc(F)cc(F)c2)cc1C. The highest BCUT2D eigenvalue weighted by Crippen LogP contribution is 2.24. The van der Waals surface area contributed by atoms with Crippen molar-refractivity contribution in [2.45, 2.75) is 27.4 Å². The van der Waals surface area contributed by atoms with E-state index in [0.29, 0.717) is 5.56 Å². The molecule has 138 valence electrons. The van der Waals surface area contributed by atoms with Crippen molar-refractivity contribution in [1.29, 1.82) is 0 Å². The van der Waals surface area contributed by atoms with Crippen molar-refractivity contribution >= 4 is 18.0 Å². The van der Waals surface area contributed by atoms with Crippen molar-refractivity contribution in [3.05, 3.63) is 64.2 Å². The molecule has 4 nitrogen and oxygen atoms in total. The van der Waals surface area contributed by atoms with E-state index in [1.165, 1.54) is 0 Å². The van der Waals surface area contributed by atoms with Gasteiger partial charge in [-0.05, 0) is 61.7 Å². The third kappa shape index (κ3) is 5.12. The standard InChI is InChI=1S/C20H22F2N2O2/c1-5-24(4)12-23-19-7-13(2)18(6-14(19)3)20(25)26-11-15-8-16(21)10-17(22)9-15/h6-10,12H,5,11H2,1-4H3/b23-12+. The molecule has 0 atom stereocenters. The fraction of sp³-hybridized carbons (Fsp3) is 0.300. The van der Waals surface area contributed by atoms with Crippen LogP contribution >= 0.6 is 0 Å². The van der Waals surface area contributed by atoms with Gasteiger partial charge >= 0.3 is 5.97 Å². The Kier molecular flexibility index (Phi) is 6.44. The molecule has 0 radical (unpaired) electrons. The van der Waals surface area contributed by atoms with E-state index in [4.69, 9.17) is 4.74 Å². The Morgan fingerprint density at radius 3 is 2.38 bits per heavy atom. The zero-order valence-corrected chi connectivity index (χ0v) is 15.3. The smallest absolute Gasteiger partial charge is 0.338 e. The molecule has 0 spiro atoms. The van der Waals surface area contributed by atoms with E-state index in [0.717, 1.165) is 41.6 Å². The highest BCUT2D eigenvalue weighted by molar-refractivity contribution is 5.92. The van der Waals surface area contributed by atoms with Crippen molar-refractivity contribution in [3.8, 4) is 0 Å². The van der Waals surface area contributed by atoms with Crippen LogP contribution in [0, 0.1) is 25.5 Å². The van der Waals surface area contributed by atoms with Gasteiger partial charge in [0, 0.05) is 19.7 Å². The van der Waals surface area contributed by atoms with Crippen LogP contribution in [0.15, 0.2) is 35.3 Å². The fourth-order valence-corrected chi connectivity index (χ4v) is 2.32. The Balaban J connectivity index is 2.13. The number of rotatable bonds is 6. The highest BCUT2D eigenvalue weighted by atomic mass is 19.1. The lowest BCUT2D eigenvalue weighted by molar-refractivity contribution is 0.0471. The monoisotopic (exact) mass is 360 g/mol. The summed E-state index contributed by atoms with van der Waals surface area (Å²) < 4.78 is 31.6. The number of aryl methyl sites for hydroxylation is 2. The molecular formula is C20H22F2N2O2. The number of hydrogen-bond donors (Lipinski definition) is 0. The molecule has 0 aliphatic rings. The molecule has 0 unspecified atom stereocenters. The predicted molar refractivity (Wildman–Crippen MR) is 97.8 cm³/mol. The molecule has 0 fully saturated rings. The van der Waals surface area contributed by atoms with Gasteiger partial charge in [-0.2, -0.15) is 0 Å². The van der Waals surface area contributed by atoms with E-state index in [1.54, 1.807) is 19.3 Å². The van der Waals surface area contributed by atoms with Crippen LogP contribution in [-0.4, -0.2) is 30.8 Å². The predicted octanol–water partition coefficient (Wildman–Crippen LogP) is 4.55. The van der Waals surface area contributed by atoms with Gasteiger partial charge in [-0.1, -0.05) is 0 Å². The number of nitrogens with zero attached hydrogens (tertiary/aromatic N) is 2. The lowest BCUT2D eigenvalue weighted by Crippen LogP contribution is -2.14. The van der Waals surface area contributed by atoms with E-state index in [-0.39, 0.29) is 12.2 Å². The summed E-state index contributed by atoms with van der Waals surface area (Å²) in [4.78, 5) is 18.7. The number of benzene rings is 2. The summed E-state index contributed by atoms with van der Waals surface area (Å²) in [5.41, 5.74) is 2.99. The molecule has 2 aromatic carbocycles. The van der Waals surface area contributed by atoms with Crippen LogP contribution in [0.3, 0.4) is 0 Å². The molecule has 6 heteroatoms. The van der Waals surface area contributed by atoms with Gasteiger partial charge < -0.3 is 9.64 Å². The van der Waals surface area contributed by atoms with E-state index in [1.807, 2.05) is 31.9 Å². The minimum atomic E-state index is -0.706. The molecule has 0 saturated carbocycles. The number of esters is 1. The molecule has 0 N–H and O–H groups in total. The van der Waals surface area contributed by atoms with Gasteiger partial charge in [0.25, 0.3) is 0 Å². The summed E-state index contributed by atoms with van der Waals surface area (Å²) in [6, 6.07) is 6.57. The molecule has 0 aliphatic heterocycles. The lowest BCUT2D eigenvalue weighted by Gasteiger charge is -2.12. The first-order valence-corrected chi connectivity index (χ1v) is 8.28. The van der Waals surface area contributed by atoms with Gasteiger partial charge in [0.15, 0.2) is 0 Å². The normalized spacial score (nSPS) is 11.0. The van der Waals surface area contributed by atoms with Gasteiger partial charge in [-0.15, -0.1) is 0 Å². The topological polar surface area (TPSA) is 41.9 Å². The number of ether oxygens (including phenoxy) is 1. The van der Waals surface area contributed by atoms with Crippen LogP contribution in [0.5, 0.6) is 0 Å². The van der Waals surface area contributed by atoms with Crippen LogP contribution in [0.2, 0.25) is 0 Å². The second-order valence-electron chi connectivity index (χ2n) is 6.13. The number of carbonyl (C=O) groups is 1. The number of hydrogen-bond acceptors (Lipinski definition) is 3. The molecule has 0 heterocycles. The number of halogens is 2. The van der Waals surface area contributed by atoms with Crippen LogP contribution < -0.4 is 0 Å². The summed E-state index contributed by atoms with van der Waals surface area (Å²) >= 11 is 0. The van der Waals surface area contributed by atoms with E-state index >= 15 is 0 Å². The number of aliphatic imine (C=N–C) groups is 1. The molecule has 26 heavy (non-hydrogen) atoms. The zero-order chi connectivity index (χ0) is 19.3. The van der Waals surface area contributed by atoms with Crippen LogP contribution in [0.25, 0.3) is 0 Å². The van der Waals surface area contributed by atoms with Crippen LogP contribution in [0.4, 0.5) is 14.5 Å². The molecule has 2 rings (SSSR count). The third-order valence-electron chi connectivity index (χ3n) is 3.95. The Morgan fingerprint density at radius 2 is 1.77 bits per heavy atom. The average Bonchev–Trinajstić information content (AvgIpc) is 2.58. The molecular weight excluding hydrogens is 338 g/mol. The van der Waals surface area contributed by atoms with Crippen molar-refractivity contribution in [1.82, 2.24) is 4.90 Å². The molecule has 0 aliphatic carbocycles. The minimum Gasteiger partial charge on any atom is -0.457 e. The maximum absolute atomic E-state index is 13.2. The van der Waals surface area contributed by atoms with Crippen LogP contribution in [0.1, 0.15) is 34.0 Å². The van der Waals surface area contributed by atoms with Gasteiger partial charge in [0.2, 0.25) is 0 Å². The van der Waals surface area contributed by atoms with Crippen molar-refractivity contribution in [2.24, 2.45) is 4.99 Å². The van der Waals surface area contributed by atoms with Crippen molar-refractivity contribution < 1.29 is 18.3 Å². The molecule has 0 aromatic heterocycles. The van der Waals surface area contributed by atoms with Crippen molar-refractivity contribution in [2.75, 3.05) is 13.6 Å². The summed E-state index contributed by atoms with van der Waals surface area (Å²) in [6.07, 6.45) is 1.73. The molecule has 0 bridgehead atoms. The molecule has 0 saturated heterocycles. The van der Waals surface area contributed by atoms with Gasteiger partial charge in [-0.25, -0.2) is 18.6 Å².